The standard InChI is InChI=1S/C13H19N5/c1-2-18-7-4-11(5-8-18)10-16-13-15-6-3-12(9-14)17-13/h3,6,11H,2,4-5,7-8,10H2,1H3,(H,15,16,17). The van der Waals surface area contributed by atoms with Crippen LogP contribution in [0.4, 0.5) is 5.95 Å². The highest BCUT2D eigenvalue weighted by Crippen LogP contribution is 2.17. The van der Waals surface area contributed by atoms with Gasteiger partial charge in [0, 0.05) is 12.7 Å². The normalized spacial score (nSPS) is 17.3. The van der Waals surface area contributed by atoms with E-state index in [1.54, 1.807) is 12.3 Å². The lowest BCUT2D eigenvalue weighted by Gasteiger charge is -2.30. The lowest BCUT2D eigenvalue weighted by Crippen LogP contribution is -2.35. The fraction of sp³-hybridized carbons (Fsp3) is 0.615. The summed E-state index contributed by atoms with van der Waals surface area (Å²) in [5.74, 6) is 1.24. The lowest BCUT2D eigenvalue weighted by molar-refractivity contribution is 0.198. The first-order valence-corrected chi connectivity index (χ1v) is 6.51. The zero-order valence-corrected chi connectivity index (χ0v) is 10.8. The van der Waals surface area contributed by atoms with Crippen LogP contribution in [0.5, 0.6) is 0 Å². The van der Waals surface area contributed by atoms with Crippen molar-refractivity contribution in [3.8, 4) is 6.07 Å². The first-order chi connectivity index (χ1) is 8.81. The number of hydrogen-bond acceptors (Lipinski definition) is 5. The summed E-state index contributed by atoms with van der Waals surface area (Å²) in [5.41, 5.74) is 0.410. The van der Waals surface area contributed by atoms with E-state index < -0.39 is 0 Å². The Morgan fingerprint density at radius 3 is 2.94 bits per heavy atom. The van der Waals surface area contributed by atoms with E-state index in [1.165, 1.54) is 25.9 Å². The molecule has 1 aromatic heterocycles. The lowest BCUT2D eigenvalue weighted by atomic mass is 9.97. The summed E-state index contributed by atoms with van der Waals surface area (Å²) in [6.45, 7) is 6.61. The van der Waals surface area contributed by atoms with Gasteiger partial charge in [0.25, 0.3) is 0 Å². The number of piperidine rings is 1. The molecular formula is C13H19N5. The molecule has 0 bridgehead atoms. The van der Waals surface area contributed by atoms with Gasteiger partial charge in [-0.1, -0.05) is 6.92 Å². The highest BCUT2D eigenvalue weighted by molar-refractivity contribution is 5.29. The second kappa shape index (κ2) is 6.31. The summed E-state index contributed by atoms with van der Waals surface area (Å²) < 4.78 is 0. The highest BCUT2D eigenvalue weighted by Gasteiger charge is 2.17. The Morgan fingerprint density at radius 2 is 2.28 bits per heavy atom. The average Bonchev–Trinajstić information content (AvgIpc) is 2.46. The summed E-state index contributed by atoms with van der Waals surface area (Å²) in [5, 5.41) is 12.0. The zero-order chi connectivity index (χ0) is 12.8. The number of rotatable bonds is 4. The Morgan fingerprint density at radius 1 is 1.50 bits per heavy atom. The van der Waals surface area contributed by atoms with E-state index in [0.29, 0.717) is 17.6 Å². The molecule has 1 aliphatic heterocycles. The van der Waals surface area contributed by atoms with E-state index in [-0.39, 0.29) is 0 Å². The summed E-state index contributed by atoms with van der Waals surface area (Å²) in [6.07, 6.45) is 4.06. The fourth-order valence-electron chi connectivity index (χ4n) is 2.25. The minimum Gasteiger partial charge on any atom is -0.354 e. The maximum atomic E-state index is 8.76. The van der Waals surface area contributed by atoms with Crippen molar-refractivity contribution in [2.45, 2.75) is 19.8 Å². The predicted octanol–water partition coefficient (Wildman–Crippen LogP) is 1.49. The number of hydrogen-bond donors (Lipinski definition) is 1. The maximum absolute atomic E-state index is 8.76. The van der Waals surface area contributed by atoms with Crippen LogP contribution in [0.1, 0.15) is 25.5 Å². The van der Waals surface area contributed by atoms with Crippen LogP contribution in [0.15, 0.2) is 12.3 Å². The van der Waals surface area contributed by atoms with Crippen LogP contribution in [-0.2, 0) is 0 Å². The molecule has 0 saturated carbocycles. The number of likely N-dealkylation sites (tertiary alicyclic amines) is 1. The van der Waals surface area contributed by atoms with Crippen LogP contribution in [-0.4, -0.2) is 41.0 Å². The molecule has 2 rings (SSSR count). The minimum absolute atomic E-state index is 0.410. The van der Waals surface area contributed by atoms with E-state index in [0.717, 1.165) is 13.1 Å². The van der Waals surface area contributed by atoms with Crippen molar-refractivity contribution in [2.75, 3.05) is 31.5 Å². The van der Waals surface area contributed by atoms with Gasteiger partial charge in [0.2, 0.25) is 5.95 Å². The molecule has 2 heterocycles. The van der Waals surface area contributed by atoms with E-state index in [2.05, 4.69) is 27.1 Å². The minimum atomic E-state index is 0.410. The van der Waals surface area contributed by atoms with Crippen molar-refractivity contribution in [1.82, 2.24) is 14.9 Å². The smallest absolute Gasteiger partial charge is 0.223 e. The quantitative estimate of drug-likeness (QED) is 0.870. The average molecular weight is 245 g/mol. The number of nitrogens with zero attached hydrogens (tertiary/aromatic N) is 4. The number of nitrogens with one attached hydrogen (secondary N) is 1. The SMILES string of the molecule is CCN1CCC(CNc2nccc(C#N)n2)CC1. The summed E-state index contributed by atoms with van der Waals surface area (Å²) >= 11 is 0. The van der Waals surface area contributed by atoms with Crippen LogP contribution in [0.25, 0.3) is 0 Å². The van der Waals surface area contributed by atoms with Gasteiger partial charge in [-0.3, -0.25) is 0 Å². The van der Waals surface area contributed by atoms with Crippen LogP contribution >= 0.6 is 0 Å². The first kappa shape index (κ1) is 12.8. The van der Waals surface area contributed by atoms with Gasteiger partial charge in [0.1, 0.15) is 11.8 Å². The van der Waals surface area contributed by atoms with Crippen molar-refractivity contribution in [3.63, 3.8) is 0 Å². The van der Waals surface area contributed by atoms with E-state index in [9.17, 15) is 0 Å². The van der Waals surface area contributed by atoms with E-state index >= 15 is 0 Å². The third-order valence-corrected chi connectivity index (χ3v) is 3.47. The Balaban J connectivity index is 1.80. The van der Waals surface area contributed by atoms with Gasteiger partial charge < -0.3 is 10.2 Å². The van der Waals surface area contributed by atoms with Crippen LogP contribution in [0.3, 0.4) is 0 Å². The highest BCUT2D eigenvalue weighted by atomic mass is 15.1. The van der Waals surface area contributed by atoms with Gasteiger partial charge in [0.15, 0.2) is 0 Å². The largest absolute Gasteiger partial charge is 0.354 e. The molecule has 0 aliphatic carbocycles. The van der Waals surface area contributed by atoms with Crippen molar-refractivity contribution >= 4 is 5.95 Å². The van der Waals surface area contributed by atoms with Crippen LogP contribution in [0.2, 0.25) is 0 Å². The van der Waals surface area contributed by atoms with Crippen molar-refractivity contribution in [2.24, 2.45) is 5.92 Å². The third kappa shape index (κ3) is 3.41. The van der Waals surface area contributed by atoms with Gasteiger partial charge >= 0.3 is 0 Å². The molecule has 1 fully saturated rings. The molecule has 1 aromatic rings. The molecule has 5 heteroatoms. The first-order valence-electron chi connectivity index (χ1n) is 6.51. The van der Waals surface area contributed by atoms with Gasteiger partial charge in [-0.15, -0.1) is 0 Å². The van der Waals surface area contributed by atoms with Crippen molar-refractivity contribution in [1.29, 1.82) is 5.26 Å². The summed E-state index contributed by atoms with van der Waals surface area (Å²) in [7, 11) is 0. The van der Waals surface area contributed by atoms with Gasteiger partial charge in [-0.2, -0.15) is 5.26 Å². The molecule has 0 amide bonds. The summed E-state index contributed by atoms with van der Waals surface area (Å²) in [4.78, 5) is 10.7. The Bertz CT molecular complexity index is 418. The van der Waals surface area contributed by atoms with Crippen molar-refractivity contribution in [3.05, 3.63) is 18.0 Å². The molecule has 96 valence electrons. The molecule has 1 saturated heterocycles. The molecule has 0 atom stereocenters. The van der Waals surface area contributed by atoms with Gasteiger partial charge in [-0.25, -0.2) is 9.97 Å². The zero-order valence-electron chi connectivity index (χ0n) is 10.8. The topological polar surface area (TPSA) is 64.8 Å². The molecule has 0 aromatic carbocycles. The third-order valence-electron chi connectivity index (χ3n) is 3.47. The molecule has 5 nitrogen and oxygen atoms in total. The van der Waals surface area contributed by atoms with Crippen LogP contribution < -0.4 is 5.32 Å². The van der Waals surface area contributed by atoms with Gasteiger partial charge in [0.05, 0.1) is 0 Å². The molecule has 1 N–H and O–H groups in total. The number of aromatic nitrogens is 2. The van der Waals surface area contributed by atoms with E-state index in [4.69, 9.17) is 5.26 Å². The molecule has 18 heavy (non-hydrogen) atoms. The monoisotopic (exact) mass is 245 g/mol. The fourth-order valence-corrected chi connectivity index (χ4v) is 2.25. The molecule has 1 aliphatic rings. The van der Waals surface area contributed by atoms with Crippen LogP contribution in [0, 0.1) is 17.2 Å². The second-order valence-corrected chi connectivity index (χ2v) is 4.64. The number of anilines is 1. The molecule has 0 unspecified atom stereocenters. The Labute approximate surface area is 108 Å². The molecular weight excluding hydrogens is 226 g/mol. The van der Waals surface area contributed by atoms with Crippen molar-refractivity contribution < 1.29 is 0 Å². The second-order valence-electron chi connectivity index (χ2n) is 4.64. The summed E-state index contributed by atoms with van der Waals surface area (Å²) in [6, 6.07) is 3.64. The number of nitriles is 1. The molecule has 0 spiro atoms. The Hall–Kier alpha value is -1.67. The Kier molecular flexibility index (Phi) is 4.48. The van der Waals surface area contributed by atoms with Gasteiger partial charge in [-0.05, 0) is 44.5 Å². The van der Waals surface area contributed by atoms with E-state index in [1.807, 2.05) is 6.07 Å². The molecule has 0 radical (unpaired) electrons. The maximum Gasteiger partial charge on any atom is 0.223 e. The predicted molar refractivity (Wildman–Crippen MR) is 70.1 cm³/mol.